The largest absolute Gasteiger partial charge is 0.404 e. The van der Waals surface area contributed by atoms with Gasteiger partial charge in [0, 0.05) is 13.1 Å². The topological polar surface area (TPSA) is 75.4 Å². The van der Waals surface area contributed by atoms with E-state index in [2.05, 4.69) is 5.32 Å². The van der Waals surface area contributed by atoms with Crippen LogP contribution in [0.3, 0.4) is 0 Å². The number of hydrogen-bond donors (Lipinski definition) is 2. The summed E-state index contributed by atoms with van der Waals surface area (Å²) >= 11 is 0. The van der Waals surface area contributed by atoms with Crippen molar-refractivity contribution in [2.75, 3.05) is 19.6 Å². The molecule has 19 heavy (non-hydrogen) atoms. The van der Waals surface area contributed by atoms with Crippen molar-refractivity contribution in [1.82, 2.24) is 10.2 Å². The van der Waals surface area contributed by atoms with Crippen molar-refractivity contribution in [2.45, 2.75) is 31.5 Å². The number of carbonyl (C=O) groups is 2. The van der Waals surface area contributed by atoms with Gasteiger partial charge in [-0.25, -0.2) is 0 Å². The van der Waals surface area contributed by atoms with E-state index in [9.17, 15) is 22.8 Å². The summed E-state index contributed by atoms with van der Waals surface area (Å²) in [4.78, 5) is 24.5. The second-order valence-electron chi connectivity index (χ2n) is 5.07. The third-order valence-corrected chi connectivity index (χ3v) is 3.95. The number of nitrogens with zero attached hydrogens (tertiary/aromatic N) is 1. The molecule has 2 aliphatic rings. The predicted molar refractivity (Wildman–Crippen MR) is 59.9 cm³/mol. The molecule has 2 fully saturated rings. The zero-order valence-electron chi connectivity index (χ0n) is 10.3. The molecule has 5 nitrogen and oxygen atoms in total. The fourth-order valence-electron chi connectivity index (χ4n) is 2.82. The maximum Gasteiger partial charge on any atom is 0.404 e. The van der Waals surface area contributed by atoms with Crippen LogP contribution in [0.25, 0.3) is 0 Å². The summed E-state index contributed by atoms with van der Waals surface area (Å²) in [6, 6.07) is -0.910. The average molecular weight is 279 g/mol. The Labute approximate surface area is 108 Å². The van der Waals surface area contributed by atoms with Crippen LogP contribution in [0.1, 0.15) is 19.3 Å². The number of halogens is 3. The van der Waals surface area contributed by atoms with E-state index in [1.54, 1.807) is 0 Å². The van der Waals surface area contributed by atoms with Crippen LogP contribution in [0.5, 0.6) is 0 Å². The molecule has 0 aromatic rings. The maximum absolute atomic E-state index is 13.2. The van der Waals surface area contributed by atoms with Crippen LogP contribution in [0.15, 0.2) is 0 Å². The van der Waals surface area contributed by atoms with Crippen LogP contribution in [0.2, 0.25) is 0 Å². The number of primary amides is 1. The molecular formula is C11H16F3N3O2. The average Bonchev–Trinajstić information content (AvgIpc) is 2.97. The number of rotatable bonds is 2. The highest BCUT2D eigenvalue weighted by Gasteiger charge is 2.63. The number of carbonyl (C=O) groups excluding carboxylic acids is 2. The Morgan fingerprint density at radius 1 is 1.37 bits per heavy atom. The highest BCUT2D eigenvalue weighted by molar-refractivity contribution is 5.90. The zero-order chi connectivity index (χ0) is 14.3. The van der Waals surface area contributed by atoms with Gasteiger partial charge in [-0.1, -0.05) is 0 Å². The molecule has 0 aromatic heterocycles. The van der Waals surface area contributed by atoms with E-state index >= 15 is 0 Å². The first kappa shape index (κ1) is 14.1. The molecule has 2 aliphatic heterocycles. The molecule has 8 heteroatoms. The Bertz CT molecular complexity index is 391. The first-order valence-electron chi connectivity index (χ1n) is 6.17. The Morgan fingerprint density at radius 3 is 2.53 bits per heavy atom. The van der Waals surface area contributed by atoms with Gasteiger partial charge in [0.2, 0.25) is 11.8 Å². The Balaban J connectivity index is 2.28. The van der Waals surface area contributed by atoms with Crippen molar-refractivity contribution in [3.8, 4) is 0 Å². The molecule has 0 bridgehead atoms. The van der Waals surface area contributed by atoms with Crippen molar-refractivity contribution in [3.63, 3.8) is 0 Å². The van der Waals surface area contributed by atoms with E-state index < -0.39 is 36.0 Å². The number of amides is 2. The molecule has 0 spiro atoms. The summed E-state index contributed by atoms with van der Waals surface area (Å²) in [7, 11) is 0. The first-order valence-corrected chi connectivity index (χ1v) is 6.17. The van der Waals surface area contributed by atoms with Crippen molar-refractivity contribution in [1.29, 1.82) is 0 Å². The van der Waals surface area contributed by atoms with E-state index in [0.717, 1.165) is 4.90 Å². The van der Waals surface area contributed by atoms with Gasteiger partial charge in [-0.2, -0.15) is 13.2 Å². The van der Waals surface area contributed by atoms with Gasteiger partial charge in [0.25, 0.3) is 0 Å². The molecule has 2 unspecified atom stereocenters. The van der Waals surface area contributed by atoms with Gasteiger partial charge in [0.05, 0.1) is 0 Å². The molecule has 0 aliphatic carbocycles. The van der Waals surface area contributed by atoms with Crippen molar-refractivity contribution in [3.05, 3.63) is 0 Å². The molecule has 2 rings (SSSR count). The SMILES string of the molecule is NC(=O)C1CCCN1C(=O)C1(C(F)(F)F)CCNC1. The van der Waals surface area contributed by atoms with Crippen LogP contribution in [0.4, 0.5) is 13.2 Å². The zero-order valence-corrected chi connectivity index (χ0v) is 10.3. The quantitative estimate of drug-likeness (QED) is 0.747. The molecule has 2 saturated heterocycles. The third kappa shape index (κ3) is 2.18. The lowest BCUT2D eigenvalue weighted by atomic mass is 9.84. The molecule has 108 valence electrons. The van der Waals surface area contributed by atoms with Gasteiger partial charge in [-0.05, 0) is 25.8 Å². The monoisotopic (exact) mass is 279 g/mol. The first-order chi connectivity index (χ1) is 8.79. The number of nitrogens with two attached hydrogens (primary N) is 1. The molecule has 2 heterocycles. The van der Waals surface area contributed by atoms with E-state index in [1.807, 2.05) is 0 Å². The summed E-state index contributed by atoms with van der Waals surface area (Å²) in [6.07, 6.45) is -4.08. The Hall–Kier alpha value is -1.31. The standard InChI is InChI=1S/C11H16F3N3O2/c12-11(13,14)10(3-4-16-6-10)9(19)17-5-1-2-7(17)8(15)18/h7,16H,1-6H2,(H2,15,18). The molecule has 0 radical (unpaired) electrons. The Kier molecular flexibility index (Phi) is 3.46. The summed E-state index contributed by atoms with van der Waals surface area (Å²) in [5, 5.41) is 2.58. The van der Waals surface area contributed by atoms with Crippen molar-refractivity contribution >= 4 is 11.8 Å². The lowest BCUT2D eigenvalue weighted by molar-refractivity contribution is -0.222. The van der Waals surface area contributed by atoms with E-state index in [-0.39, 0.29) is 19.5 Å². The van der Waals surface area contributed by atoms with Crippen LogP contribution >= 0.6 is 0 Å². The molecule has 3 N–H and O–H groups in total. The van der Waals surface area contributed by atoms with Gasteiger partial charge in [-0.15, -0.1) is 0 Å². The number of hydrogen-bond acceptors (Lipinski definition) is 3. The molecule has 2 amide bonds. The fraction of sp³-hybridized carbons (Fsp3) is 0.818. The second-order valence-corrected chi connectivity index (χ2v) is 5.07. The molecule has 0 aromatic carbocycles. The van der Waals surface area contributed by atoms with E-state index in [1.165, 1.54) is 0 Å². The predicted octanol–water partition coefficient (Wildman–Crippen LogP) is 0.00470. The highest BCUT2D eigenvalue weighted by Crippen LogP contribution is 2.45. The summed E-state index contributed by atoms with van der Waals surface area (Å²) in [5.74, 6) is -1.76. The van der Waals surface area contributed by atoms with Crippen molar-refractivity contribution < 1.29 is 22.8 Å². The number of nitrogens with one attached hydrogen (secondary N) is 1. The van der Waals surface area contributed by atoms with Gasteiger partial charge in [0.1, 0.15) is 6.04 Å². The summed E-state index contributed by atoms with van der Waals surface area (Å²) in [5.41, 5.74) is 2.74. The van der Waals surface area contributed by atoms with Gasteiger partial charge in [0.15, 0.2) is 5.41 Å². The third-order valence-electron chi connectivity index (χ3n) is 3.95. The highest BCUT2D eigenvalue weighted by atomic mass is 19.4. The van der Waals surface area contributed by atoms with Crippen LogP contribution in [0, 0.1) is 5.41 Å². The minimum atomic E-state index is -4.63. The molecule has 0 saturated carbocycles. The maximum atomic E-state index is 13.2. The van der Waals surface area contributed by atoms with Crippen LogP contribution < -0.4 is 11.1 Å². The van der Waals surface area contributed by atoms with E-state index in [4.69, 9.17) is 5.73 Å². The second kappa shape index (κ2) is 4.66. The van der Waals surface area contributed by atoms with E-state index in [0.29, 0.717) is 12.8 Å². The Morgan fingerprint density at radius 2 is 2.05 bits per heavy atom. The molecule has 2 atom stereocenters. The summed E-state index contributed by atoms with van der Waals surface area (Å²) in [6.45, 7) is -0.137. The smallest absolute Gasteiger partial charge is 0.368 e. The van der Waals surface area contributed by atoms with Crippen molar-refractivity contribution in [2.24, 2.45) is 11.1 Å². The summed E-state index contributed by atoms with van der Waals surface area (Å²) < 4.78 is 39.7. The lowest BCUT2D eigenvalue weighted by Crippen LogP contribution is -2.56. The van der Waals surface area contributed by atoms with Gasteiger partial charge < -0.3 is 16.0 Å². The van der Waals surface area contributed by atoms with Crippen LogP contribution in [-0.2, 0) is 9.59 Å². The lowest BCUT2D eigenvalue weighted by Gasteiger charge is -2.35. The van der Waals surface area contributed by atoms with Crippen LogP contribution in [-0.4, -0.2) is 48.6 Å². The number of alkyl halides is 3. The normalized spacial score (nSPS) is 31.7. The molecular weight excluding hydrogens is 263 g/mol. The minimum absolute atomic E-state index is 0.139. The van der Waals surface area contributed by atoms with Gasteiger partial charge >= 0.3 is 6.18 Å². The minimum Gasteiger partial charge on any atom is -0.368 e. The fourth-order valence-corrected chi connectivity index (χ4v) is 2.82. The van der Waals surface area contributed by atoms with Gasteiger partial charge in [-0.3, -0.25) is 9.59 Å². The number of likely N-dealkylation sites (tertiary alicyclic amines) is 1.